The van der Waals surface area contributed by atoms with E-state index < -0.39 is 0 Å². The molecule has 0 saturated heterocycles. The highest BCUT2D eigenvalue weighted by Gasteiger charge is 2.17. The van der Waals surface area contributed by atoms with E-state index in [1.165, 1.54) is 109 Å². The Kier molecular flexibility index (Phi) is 21.8. The number of hydrogen-bond acceptors (Lipinski definition) is 2. The van der Waals surface area contributed by atoms with Crippen molar-refractivity contribution in [1.82, 2.24) is 0 Å². The van der Waals surface area contributed by atoms with Crippen molar-refractivity contribution in [3.8, 4) is 0 Å². The number of carbonyl (C=O) groups excluding carboxylic acids is 1. The number of ether oxygens (including phenoxy) is 1. The van der Waals surface area contributed by atoms with E-state index in [0.29, 0.717) is 12.5 Å². The molecule has 0 heterocycles. The van der Waals surface area contributed by atoms with Crippen LogP contribution in [0.4, 0.5) is 0 Å². The second kappa shape index (κ2) is 22.2. The Morgan fingerprint density at radius 2 is 0.966 bits per heavy atom. The number of carbonyl (C=O) groups is 1. The van der Waals surface area contributed by atoms with Gasteiger partial charge < -0.3 is 4.74 Å². The summed E-state index contributed by atoms with van der Waals surface area (Å²) in [6.07, 6.45) is 24.5. The van der Waals surface area contributed by atoms with Crippen LogP contribution in [0.5, 0.6) is 0 Å². The molecule has 0 N–H and O–H groups in total. The molecule has 0 aliphatic carbocycles. The maximum Gasteiger partial charge on any atom is 0.308 e. The molecular formula is C27H54O2. The van der Waals surface area contributed by atoms with E-state index in [1.807, 2.05) is 6.92 Å². The molecule has 0 rings (SSSR count). The Bertz CT molecular complexity index is 339. The molecule has 0 aliphatic rings. The number of rotatable bonds is 22. The Morgan fingerprint density at radius 3 is 1.45 bits per heavy atom. The Balaban J connectivity index is 4.11. The van der Waals surface area contributed by atoms with Gasteiger partial charge in [0.15, 0.2) is 0 Å². The first-order valence-corrected chi connectivity index (χ1v) is 13.3. The molecule has 0 radical (unpaired) electrons. The Labute approximate surface area is 184 Å². The summed E-state index contributed by atoms with van der Waals surface area (Å²) in [7, 11) is 0. The Hall–Kier alpha value is -0.530. The fourth-order valence-corrected chi connectivity index (χ4v) is 4.08. The van der Waals surface area contributed by atoms with Crippen LogP contribution in [0.1, 0.15) is 150 Å². The summed E-state index contributed by atoms with van der Waals surface area (Å²) in [4.78, 5) is 12.4. The first-order chi connectivity index (χ1) is 14.2. The molecule has 0 aromatic rings. The van der Waals surface area contributed by atoms with Crippen LogP contribution in [-0.4, -0.2) is 12.6 Å². The van der Waals surface area contributed by atoms with Crippen LogP contribution < -0.4 is 0 Å². The molecule has 2 unspecified atom stereocenters. The van der Waals surface area contributed by atoms with Crippen molar-refractivity contribution >= 4 is 5.97 Å². The molecule has 174 valence electrons. The molecule has 0 aromatic heterocycles. The lowest BCUT2D eigenvalue weighted by Crippen LogP contribution is -2.20. The van der Waals surface area contributed by atoms with E-state index in [0.717, 1.165) is 12.8 Å². The second-order valence-electron chi connectivity index (χ2n) is 9.36. The molecule has 2 heteroatoms. The van der Waals surface area contributed by atoms with Crippen LogP contribution in [0.15, 0.2) is 0 Å². The van der Waals surface area contributed by atoms with Crippen molar-refractivity contribution in [2.75, 3.05) is 6.61 Å². The van der Waals surface area contributed by atoms with Gasteiger partial charge in [-0.15, -0.1) is 0 Å². The molecule has 0 aliphatic heterocycles. The molecule has 0 bridgehead atoms. The van der Waals surface area contributed by atoms with Crippen molar-refractivity contribution < 1.29 is 9.53 Å². The van der Waals surface area contributed by atoms with Gasteiger partial charge in [-0.1, -0.05) is 130 Å². The number of unbranched alkanes of at least 4 members (excludes halogenated alkanes) is 13. The van der Waals surface area contributed by atoms with Crippen LogP contribution >= 0.6 is 0 Å². The molecule has 0 amide bonds. The van der Waals surface area contributed by atoms with Crippen molar-refractivity contribution in [3.63, 3.8) is 0 Å². The second-order valence-corrected chi connectivity index (χ2v) is 9.36. The van der Waals surface area contributed by atoms with Crippen LogP contribution in [-0.2, 0) is 9.53 Å². The lowest BCUT2D eigenvalue weighted by atomic mass is 9.94. The number of esters is 1. The Morgan fingerprint density at radius 1 is 0.586 bits per heavy atom. The van der Waals surface area contributed by atoms with Crippen LogP contribution in [0.2, 0.25) is 0 Å². The third kappa shape index (κ3) is 19.2. The third-order valence-electron chi connectivity index (χ3n) is 6.29. The molecule has 2 nitrogen and oxygen atoms in total. The standard InChI is InChI=1S/C27H54O2/c1-5-8-11-14-15-17-20-23-26(22-19-16-12-9-6-2)24-29-27(28)25(4)21-18-13-10-7-3/h25-26H,5-24H2,1-4H3. The predicted molar refractivity (Wildman–Crippen MR) is 128 cm³/mol. The van der Waals surface area contributed by atoms with E-state index >= 15 is 0 Å². The molecule has 0 saturated carbocycles. The first kappa shape index (κ1) is 28.5. The van der Waals surface area contributed by atoms with Gasteiger partial charge in [-0.25, -0.2) is 0 Å². The van der Waals surface area contributed by atoms with E-state index in [2.05, 4.69) is 20.8 Å². The summed E-state index contributed by atoms with van der Waals surface area (Å²) in [6.45, 7) is 9.47. The van der Waals surface area contributed by atoms with Gasteiger partial charge in [0.2, 0.25) is 0 Å². The molecule has 0 fully saturated rings. The smallest absolute Gasteiger partial charge is 0.308 e. The predicted octanol–water partition coefficient (Wildman–Crippen LogP) is 9.25. The molecule has 0 aromatic carbocycles. The van der Waals surface area contributed by atoms with Gasteiger partial charge in [-0.05, 0) is 25.2 Å². The minimum Gasteiger partial charge on any atom is -0.465 e. The van der Waals surface area contributed by atoms with Crippen molar-refractivity contribution in [1.29, 1.82) is 0 Å². The molecule has 0 spiro atoms. The highest BCUT2D eigenvalue weighted by molar-refractivity contribution is 5.71. The summed E-state index contributed by atoms with van der Waals surface area (Å²) in [5.41, 5.74) is 0. The van der Waals surface area contributed by atoms with Crippen molar-refractivity contribution in [2.45, 2.75) is 150 Å². The fourth-order valence-electron chi connectivity index (χ4n) is 4.08. The molecule has 29 heavy (non-hydrogen) atoms. The van der Waals surface area contributed by atoms with E-state index in [9.17, 15) is 4.79 Å². The van der Waals surface area contributed by atoms with E-state index in [1.54, 1.807) is 0 Å². The minimum atomic E-state index is 0.0389. The van der Waals surface area contributed by atoms with Gasteiger partial charge in [-0.3, -0.25) is 4.79 Å². The van der Waals surface area contributed by atoms with Gasteiger partial charge in [0.25, 0.3) is 0 Å². The van der Waals surface area contributed by atoms with Crippen molar-refractivity contribution in [3.05, 3.63) is 0 Å². The van der Waals surface area contributed by atoms with Gasteiger partial charge in [0.05, 0.1) is 12.5 Å². The minimum absolute atomic E-state index is 0.0389. The lowest BCUT2D eigenvalue weighted by molar-refractivity contribution is -0.149. The SMILES string of the molecule is CCCCCCCCCC(CCCCCCC)COC(=O)C(C)CCCCCC. The molecular weight excluding hydrogens is 356 g/mol. The molecule has 2 atom stereocenters. The van der Waals surface area contributed by atoms with E-state index in [4.69, 9.17) is 4.74 Å². The summed E-state index contributed by atoms with van der Waals surface area (Å²) in [5.74, 6) is 0.677. The average molecular weight is 411 g/mol. The summed E-state index contributed by atoms with van der Waals surface area (Å²) >= 11 is 0. The average Bonchev–Trinajstić information content (AvgIpc) is 2.73. The normalized spacial score (nSPS) is 13.4. The zero-order valence-corrected chi connectivity index (χ0v) is 20.6. The monoisotopic (exact) mass is 410 g/mol. The summed E-state index contributed by atoms with van der Waals surface area (Å²) < 4.78 is 5.77. The van der Waals surface area contributed by atoms with Crippen molar-refractivity contribution in [2.24, 2.45) is 11.8 Å². The third-order valence-corrected chi connectivity index (χ3v) is 6.29. The van der Waals surface area contributed by atoms with Gasteiger partial charge in [-0.2, -0.15) is 0 Å². The maximum atomic E-state index is 12.4. The highest BCUT2D eigenvalue weighted by atomic mass is 16.5. The van der Waals surface area contributed by atoms with E-state index in [-0.39, 0.29) is 11.9 Å². The summed E-state index contributed by atoms with van der Waals surface area (Å²) in [5, 5.41) is 0. The maximum absolute atomic E-state index is 12.4. The highest BCUT2D eigenvalue weighted by Crippen LogP contribution is 2.21. The van der Waals surface area contributed by atoms with Gasteiger partial charge in [0, 0.05) is 0 Å². The lowest BCUT2D eigenvalue weighted by Gasteiger charge is -2.19. The van der Waals surface area contributed by atoms with Crippen LogP contribution in [0.3, 0.4) is 0 Å². The van der Waals surface area contributed by atoms with Gasteiger partial charge in [0.1, 0.15) is 0 Å². The zero-order chi connectivity index (χ0) is 21.6. The summed E-state index contributed by atoms with van der Waals surface area (Å²) in [6, 6.07) is 0. The zero-order valence-electron chi connectivity index (χ0n) is 20.6. The van der Waals surface area contributed by atoms with Crippen LogP contribution in [0, 0.1) is 11.8 Å². The first-order valence-electron chi connectivity index (χ1n) is 13.3. The van der Waals surface area contributed by atoms with Gasteiger partial charge >= 0.3 is 5.97 Å². The topological polar surface area (TPSA) is 26.3 Å². The quantitative estimate of drug-likeness (QED) is 0.131. The number of hydrogen-bond donors (Lipinski definition) is 0. The largest absolute Gasteiger partial charge is 0.465 e. The van der Waals surface area contributed by atoms with Crippen LogP contribution in [0.25, 0.3) is 0 Å². The fraction of sp³-hybridized carbons (Fsp3) is 0.963.